The molecule has 0 aromatic carbocycles. The standard InChI is InChI=1S/C13H19BN2O4/c1-12(2)13(3,4)20-14(19-12)9-6-7-15-8-10(9)16-11(17)18-5/h6-8H,1-5H3,(H,16,17). The fraction of sp³-hybridized carbons (Fsp3) is 0.538. The Hall–Kier alpha value is -1.60. The van der Waals surface area contributed by atoms with Gasteiger partial charge in [0.2, 0.25) is 0 Å². The number of anilines is 1. The van der Waals surface area contributed by atoms with Crippen LogP contribution >= 0.6 is 0 Å². The first-order valence-electron chi connectivity index (χ1n) is 6.41. The molecule has 0 atom stereocenters. The van der Waals surface area contributed by atoms with Gasteiger partial charge in [-0.25, -0.2) is 4.79 Å². The third-order valence-electron chi connectivity index (χ3n) is 3.78. The Morgan fingerprint density at radius 3 is 2.45 bits per heavy atom. The van der Waals surface area contributed by atoms with Crippen molar-refractivity contribution in [3.63, 3.8) is 0 Å². The van der Waals surface area contributed by atoms with Crippen LogP contribution in [0.1, 0.15) is 27.7 Å². The molecular formula is C13H19BN2O4. The zero-order valence-corrected chi connectivity index (χ0v) is 12.4. The zero-order chi connectivity index (χ0) is 15.0. The van der Waals surface area contributed by atoms with E-state index in [-0.39, 0.29) is 0 Å². The molecule has 108 valence electrons. The number of nitrogens with one attached hydrogen (secondary N) is 1. The van der Waals surface area contributed by atoms with Crippen molar-refractivity contribution in [3.8, 4) is 0 Å². The number of hydrogen-bond donors (Lipinski definition) is 1. The molecule has 0 radical (unpaired) electrons. The van der Waals surface area contributed by atoms with Gasteiger partial charge >= 0.3 is 13.2 Å². The van der Waals surface area contributed by atoms with E-state index in [1.165, 1.54) is 13.3 Å². The molecule has 0 unspecified atom stereocenters. The molecule has 1 amide bonds. The quantitative estimate of drug-likeness (QED) is 0.831. The fourth-order valence-electron chi connectivity index (χ4n) is 1.85. The number of methoxy groups -OCH3 is 1. The molecule has 1 N–H and O–H groups in total. The maximum atomic E-state index is 11.4. The summed E-state index contributed by atoms with van der Waals surface area (Å²) in [5, 5.41) is 2.61. The van der Waals surface area contributed by atoms with Crippen molar-refractivity contribution in [2.24, 2.45) is 0 Å². The highest BCUT2D eigenvalue weighted by Crippen LogP contribution is 2.36. The number of carbonyl (C=O) groups is 1. The number of ether oxygens (including phenoxy) is 1. The highest BCUT2D eigenvalue weighted by Gasteiger charge is 2.52. The summed E-state index contributed by atoms with van der Waals surface area (Å²) in [6.07, 6.45) is 2.61. The van der Waals surface area contributed by atoms with Gasteiger partial charge in [0.15, 0.2) is 0 Å². The second kappa shape index (κ2) is 5.07. The third kappa shape index (κ3) is 2.64. The predicted octanol–water partition coefficient (Wildman–Crippen LogP) is 1.56. The second-order valence-electron chi connectivity index (χ2n) is 5.67. The number of hydrogen-bond acceptors (Lipinski definition) is 5. The van der Waals surface area contributed by atoms with Crippen LogP contribution in [0.5, 0.6) is 0 Å². The Morgan fingerprint density at radius 1 is 1.30 bits per heavy atom. The van der Waals surface area contributed by atoms with Crippen LogP contribution in [0.4, 0.5) is 10.5 Å². The lowest BCUT2D eigenvalue weighted by Crippen LogP contribution is -2.41. The van der Waals surface area contributed by atoms with Gasteiger partial charge in [-0.15, -0.1) is 0 Å². The Bertz CT molecular complexity index is 503. The van der Waals surface area contributed by atoms with Crippen LogP contribution < -0.4 is 10.8 Å². The van der Waals surface area contributed by atoms with Crippen molar-refractivity contribution in [3.05, 3.63) is 18.5 Å². The van der Waals surface area contributed by atoms with E-state index in [9.17, 15) is 4.79 Å². The minimum Gasteiger partial charge on any atom is -0.453 e. The summed E-state index contributed by atoms with van der Waals surface area (Å²) in [5.74, 6) is 0. The van der Waals surface area contributed by atoms with Crippen LogP contribution in [-0.4, -0.2) is 36.5 Å². The average Bonchev–Trinajstić information content (AvgIpc) is 2.59. The summed E-state index contributed by atoms with van der Waals surface area (Å²) in [5.41, 5.74) is 0.342. The van der Waals surface area contributed by atoms with Gasteiger partial charge in [-0.1, -0.05) is 0 Å². The lowest BCUT2D eigenvalue weighted by Gasteiger charge is -2.32. The summed E-state index contributed by atoms with van der Waals surface area (Å²) in [4.78, 5) is 15.4. The molecule has 1 aliphatic rings. The molecule has 2 heterocycles. The van der Waals surface area contributed by atoms with Crippen LogP contribution in [0.25, 0.3) is 0 Å². The van der Waals surface area contributed by atoms with Crippen LogP contribution in [0.2, 0.25) is 0 Å². The first-order valence-corrected chi connectivity index (χ1v) is 6.41. The highest BCUT2D eigenvalue weighted by molar-refractivity contribution is 6.64. The Kier molecular flexibility index (Phi) is 3.75. The molecule has 0 spiro atoms. The summed E-state index contributed by atoms with van der Waals surface area (Å²) in [6.45, 7) is 7.90. The molecule has 1 aromatic rings. The van der Waals surface area contributed by atoms with Gasteiger partial charge in [0.1, 0.15) is 0 Å². The molecule has 7 heteroatoms. The van der Waals surface area contributed by atoms with Gasteiger partial charge in [0, 0.05) is 11.7 Å². The van der Waals surface area contributed by atoms with Crippen molar-refractivity contribution in [2.75, 3.05) is 12.4 Å². The predicted molar refractivity (Wildman–Crippen MR) is 76.0 cm³/mol. The molecule has 1 aromatic heterocycles. The van der Waals surface area contributed by atoms with Crippen LogP contribution in [0.15, 0.2) is 18.5 Å². The van der Waals surface area contributed by atoms with E-state index in [4.69, 9.17) is 9.31 Å². The molecule has 0 saturated carbocycles. The van der Waals surface area contributed by atoms with E-state index in [1.54, 1.807) is 12.3 Å². The minimum atomic E-state index is -0.560. The molecule has 1 saturated heterocycles. The van der Waals surface area contributed by atoms with E-state index >= 15 is 0 Å². The van der Waals surface area contributed by atoms with Crippen LogP contribution in [0.3, 0.4) is 0 Å². The van der Waals surface area contributed by atoms with Crippen molar-refractivity contribution < 1.29 is 18.8 Å². The van der Waals surface area contributed by atoms with Gasteiger partial charge in [-0.05, 0) is 33.8 Å². The molecule has 2 rings (SSSR count). The van der Waals surface area contributed by atoms with E-state index < -0.39 is 24.4 Å². The van der Waals surface area contributed by atoms with Crippen LogP contribution in [0, 0.1) is 0 Å². The zero-order valence-electron chi connectivity index (χ0n) is 12.4. The van der Waals surface area contributed by atoms with Crippen molar-refractivity contribution in [1.29, 1.82) is 0 Å². The lowest BCUT2D eigenvalue weighted by atomic mass is 9.78. The Labute approximate surface area is 119 Å². The van der Waals surface area contributed by atoms with E-state index in [0.29, 0.717) is 11.2 Å². The molecule has 0 bridgehead atoms. The summed E-state index contributed by atoms with van der Waals surface area (Å²) in [6, 6.07) is 1.76. The van der Waals surface area contributed by atoms with Gasteiger partial charge in [0.25, 0.3) is 0 Å². The third-order valence-corrected chi connectivity index (χ3v) is 3.78. The molecule has 1 aliphatic heterocycles. The number of aromatic nitrogens is 1. The number of rotatable bonds is 2. The first kappa shape index (κ1) is 14.8. The molecule has 20 heavy (non-hydrogen) atoms. The maximum Gasteiger partial charge on any atom is 0.497 e. The van der Waals surface area contributed by atoms with Crippen molar-refractivity contribution in [2.45, 2.75) is 38.9 Å². The Morgan fingerprint density at radius 2 is 1.90 bits per heavy atom. The molecular weight excluding hydrogens is 259 g/mol. The smallest absolute Gasteiger partial charge is 0.453 e. The van der Waals surface area contributed by atoms with Crippen LogP contribution in [-0.2, 0) is 14.0 Å². The van der Waals surface area contributed by atoms with Crippen molar-refractivity contribution >= 4 is 24.4 Å². The number of carbonyl (C=O) groups excluding carboxylic acids is 1. The highest BCUT2D eigenvalue weighted by atomic mass is 16.7. The maximum absolute atomic E-state index is 11.4. The van der Waals surface area contributed by atoms with Gasteiger partial charge in [-0.2, -0.15) is 0 Å². The lowest BCUT2D eigenvalue weighted by molar-refractivity contribution is 0.00578. The first-order chi connectivity index (χ1) is 9.27. The SMILES string of the molecule is COC(=O)Nc1cnccc1B1OC(C)(C)C(C)(C)O1. The Balaban J connectivity index is 2.28. The van der Waals surface area contributed by atoms with Gasteiger partial charge < -0.3 is 14.0 Å². The molecule has 1 fully saturated rings. The van der Waals surface area contributed by atoms with Crippen molar-refractivity contribution in [1.82, 2.24) is 4.98 Å². The fourth-order valence-corrected chi connectivity index (χ4v) is 1.85. The van der Waals surface area contributed by atoms with E-state index in [0.717, 1.165) is 0 Å². The molecule has 0 aliphatic carbocycles. The van der Waals surface area contributed by atoms with E-state index in [2.05, 4.69) is 15.0 Å². The monoisotopic (exact) mass is 278 g/mol. The largest absolute Gasteiger partial charge is 0.497 e. The number of amides is 1. The molecule has 6 nitrogen and oxygen atoms in total. The average molecular weight is 278 g/mol. The summed E-state index contributed by atoms with van der Waals surface area (Å²) < 4.78 is 16.5. The number of pyridine rings is 1. The topological polar surface area (TPSA) is 69.7 Å². The van der Waals surface area contributed by atoms with E-state index in [1.807, 2.05) is 27.7 Å². The second-order valence-corrected chi connectivity index (χ2v) is 5.67. The van der Waals surface area contributed by atoms with Gasteiger partial charge in [-0.3, -0.25) is 10.3 Å². The van der Waals surface area contributed by atoms with Gasteiger partial charge in [0.05, 0.1) is 30.2 Å². The normalized spacial score (nSPS) is 19.8. The number of nitrogens with zero attached hydrogens (tertiary/aromatic N) is 1. The summed E-state index contributed by atoms with van der Waals surface area (Å²) >= 11 is 0. The minimum absolute atomic E-state index is 0.441. The summed E-state index contributed by atoms with van der Waals surface area (Å²) in [7, 11) is 0.746.